The lowest BCUT2D eigenvalue weighted by Gasteiger charge is -2.11. The second-order valence-electron chi connectivity index (χ2n) is 7.17. The molecule has 0 atom stereocenters. The summed E-state index contributed by atoms with van der Waals surface area (Å²) in [7, 11) is 0. The van der Waals surface area contributed by atoms with E-state index in [0.29, 0.717) is 22.4 Å². The van der Waals surface area contributed by atoms with Crippen molar-refractivity contribution in [3.05, 3.63) is 112 Å². The van der Waals surface area contributed by atoms with Crippen LogP contribution in [0.25, 0.3) is 10.8 Å². The van der Waals surface area contributed by atoms with Crippen molar-refractivity contribution in [1.82, 2.24) is 5.43 Å². The first-order valence-corrected chi connectivity index (χ1v) is 10.7. The number of esters is 1. The molecule has 0 saturated heterocycles. The third-order valence-electron chi connectivity index (χ3n) is 4.83. The highest BCUT2D eigenvalue weighted by Gasteiger charge is 2.14. The molecule has 0 aliphatic carbocycles. The Bertz CT molecular complexity index is 1350. The Morgan fingerprint density at radius 2 is 1.69 bits per heavy atom. The maximum atomic E-state index is 12.7. The number of fused-ring (bicyclic) bond motifs is 1. The van der Waals surface area contributed by atoms with Crippen LogP contribution < -0.4 is 10.2 Å². The third kappa shape index (κ3) is 4.92. The summed E-state index contributed by atoms with van der Waals surface area (Å²) >= 11 is 3.35. The van der Waals surface area contributed by atoms with Crippen LogP contribution in [0.3, 0.4) is 0 Å². The van der Waals surface area contributed by atoms with Crippen molar-refractivity contribution in [2.75, 3.05) is 0 Å². The van der Waals surface area contributed by atoms with E-state index in [9.17, 15) is 9.59 Å². The number of hydrogen-bond acceptors (Lipinski definition) is 4. The smallest absolute Gasteiger partial charge is 0.343 e. The van der Waals surface area contributed by atoms with Crippen LogP contribution in [-0.2, 0) is 0 Å². The van der Waals surface area contributed by atoms with Gasteiger partial charge in [-0.15, -0.1) is 0 Å². The van der Waals surface area contributed by atoms with Crippen LogP contribution in [0, 0.1) is 6.92 Å². The molecule has 1 amide bonds. The number of ether oxygens (including phenoxy) is 1. The van der Waals surface area contributed by atoms with Crippen LogP contribution in [0.4, 0.5) is 0 Å². The topological polar surface area (TPSA) is 67.8 Å². The van der Waals surface area contributed by atoms with E-state index in [4.69, 9.17) is 4.74 Å². The van der Waals surface area contributed by atoms with Gasteiger partial charge in [-0.3, -0.25) is 4.79 Å². The molecular formula is C26H19BrN2O3. The second kappa shape index (κ2) is 9.58. The molecule has 0 spiro atoms. The number of hydrogen-bond donors (Lipinski definition) is 1. The van der Waals surface area contributed by atoms with Crippen LogP contribution in [0.1, 0.15) is 31.8 Å². The van der Waals surface area contributed by atoms with E-state index in [1.54, 1.807) is 36.4 Å². The maximum Gasteiger partial charge on any atom is 0.343 e. The Morgan fingerprint density at radius 3 is 2.50 bits per heavy atom. The maximum absolute atomic E-state index is 12.7. The summed E-state index contributed by atoms with van der Waals surface area (Å²) in [5, 5.41) is 5.93. The number of carbonyl (C=O) groups is 2. The Labute approximate surface area is 193 Å². The first-order chi connectivity index (χ1) is 15.5. The molecule has 0 heterocycles. The number of nitrogens with zero attached hydrogens (tertiary/aromatic N) is 1. The van der Waals surface area contributed by atoms with Gasteiger partial charge in [-0.25, -0.2) is 10.2 Å². The minimum Gasteiger partial charge on any atom is -0.422 e. The molecule has 5 nitrogen and oxygen atoms in total. The van der Waals surface area contributed by atoms with Crippen LogP contribution in [0.15, 0.2) is 94.5 Å². The number of nitrogens with one attached hydrogen (secondary N) is 1. The zero-order chi connectivity index (χ0) is 22.5. The van der Waals surface area contributed by atoms with E-state index in [1.165, 1.54) is 6.21 Å². The molecule has 32 heavy (non-hydrogen) atoms. The summed E-state index contributed by atoms with van der Waals surface area (Å²) < 4.78 is 6.50. The molecule has 0 fully saturated rings. The van der Waals surface area contributed by atoms with Crippen LogP contribution in [-0.4, -0.2) is 18.1 Å². The predicted octanol–water partition coefficient (Wildman–Crippen LogP) is 5.89. The number of carbonyl (C=O) groups excluding carboxylic acids is 2. The molecular weight excluding hydrogens is 468 g/mol. The fourth-order valence-electron chi connectivity index (χ4n) is 3.28. The molecule has 0 bridgehead atoms. The zero-order valence-corrected chi connectivity index (χ0v) is 18.8. The Morgan fingerprint density at radius 1 is 0.906 bits per heavy atom. The molecule has 0 unspecified atom stereocenters. The Kier molecular flexibility index (Phi) is 6.42. The van der Waals surface area contributed by atoms with Gasteiger partial charge in [0.25, 0.3) is 5.91 Å². The summed E-state index contributed by atoms with van der Waals surface area (Å²) in [6, 6.07) is 25.5. The molecule has 0 radical (unpaired) electrons. The highest BCUT2D eigenvalue weighted by Crippen LogP contribution is 2.27. The van der Waals surface area contributed by atoms with Gasteiger partial charge in [0.2, 0.25) is 0 Å². The minimum atomic E-state index is -0.461. The fraction of sp³-hybridized carbons (Fsp3) is 0.0385. The van der Waals surface area contributed by atoms with Crippen molar-refractivity contribution in [3.8, 4) is 5.75 Å². The summed E-state index contributed by atoms with van der Waals surface area (Å²) in [5.74, 6) is -0.450. The molecule has 158 valence electrons. The van der Waals surface area contributed by atoms with Gasteiger partial charge in [0.05, 0.1) is 11.8 Å². The molecule has 4 aromatic rings. The van der Waals surface area contributed by atoms with Gasteiger partial charge in [-0.2, -0.15) is 5.10 Å². The van der Waals surface area contributed by atoms with Crippen molar-refractivity contribution in [2.24, 2.45) is 5.10 Å². The summed E-state index contributed by atoms with van der Waals surface area (Å²) in [5.41, 5.74) is 5.03. The van der Waals surface area contributed by atoms with Crippen LogP contribution >= 0.6 is 15.9 Å². The zero-order valence-electron chi connectivity index (χ0n) is 17.2. The van der Waals surface area contributed by atoms with E-state index in [0.717, 1.165) is 20.8 Å². The van der Waals surface area contributed by atoms with Gasteiger partial charge >= 0.3 is 5.97 Å². The molecule has 4 rings (SSSR count). The molecule has 1 N–H and O–H groups in total. The van der Waals surface area contributed by atoms with Crippen LogP contribution in [0.5, 0.6) is 5.75 Å². The first-order valence-electron chi connectivity index (χ1n) is 9.91. The number of hydrazone groups is 1. The van der Waals surface area contributed by atoms with Crippen molar-refractivity contribution in [3.63, 3.8) is 0 Å². The average Bonchev–Trinajstić information content (AvgIpc) is 2.80. The second-order valence-corrected chi connectivity index (χ2v) is 8.08. The SMILES string of the molecule is Cc1cccc(C(=O)Oc2ccc3ccccc3c2/C=N\NC(=O)c2cccc(Br)c2)c1. The van der Waals surface area contributed by atoms with Gasteiger partial charge < -0.3 is 4.74 Å². The summed E-state index contributed by atoms with van der Waals surface area (Å²) in [6.45, 7) is 1.92. The predicted molar refractivity (Wildman–Crippen MR) is 129 cm³/mol. The first kappa shape index (κ1) is 21.5. The quantitative estimate of drug-likeness (QED) is 0.165. The summed E-state index contributed by atoms with van der Waals surface area (Å²) in [4.78, 5) is 25.1. The van der Waals surface area contributed by atoms with Crippen molar-refractivity contribution in [2.45, 2.75) is 6.92 Å². The standard InChI is InChI=1S/C26H19BrN2O3/c1-17-6-4-9-20(14-17)26(31)32-24-13-12-18-7-2-3-11-22(18)23(24)16-28-29-25(30)19-8-5-10-21(27)15-19/h2-16H,1H3,(H,29,30)/b28-16-. The molecule has 4 aromatic carbocycles. The van der Waals surface area contributed by atoms with E-state index in [2.05, 4.69) is 26.5 Å². The Balaban J connectivity index is 1.63. The number of aryl methyl sites for hydroxylation is 1. The number of amides is 1. The molecule has 0 aromatic heterocycles. The van der Waals surface area contributed by atoms with E-state index in [-0.39, 0.29) is 5.91 Å². The van der Waals surface area contributed by atoms with Gasteiger partial charge in [-0.05, 0) is 54.1 Å². The Hall–Kier alpha value is -3.77. The molecule has 6 heteroatoms. The lowest BCUT2D eigenvalue weighted by Crippen LogP contribution is -2.17. The lowest BCUT2D eigenvalue weighted by atomic mass is 10.0. The van der Waals surface area contributed by atoms with Crippen molar-refractivity contribution in [1.29, 1.82) is 0 Å². The molecule has 0 aliphatic rings. The minimum absolute atomic E-state index is 0.346. The highest BCUT2D eigenvalue weighted by molar-refractivity contribution is 9.10. The summed E-state index contributed by atoms with van der Waals surface area (Å²) in [6.07, 6.45) is 1.50. The van der Waals surface area contributed by atoms with Gasteiger partial charge in [-0.1, -0.05) is 70.0 Å². The lowest BCUT2D eigenvalue weighted by molar-refractivity contribution is 0.0734. The number of benzene rings is 4. The average molecular weight is 487 g/mol. The van der Waals surface area contributed by atoms with Gasteiger partial charge in [0, 0.05) is 15.6 Å². The fourth-order valence-corrected chi connectivity index (χ4v) is 3.68. The largest absolute Gasteiger partial charge is 0.422 e. The van der Waals surface area contributed by atoms with Crippen molar-refractivity contribution < 1.29 is 14.3 Å². The molecule has 0 saturated carbocycles. The molecule has 0 aliphatic heterocycles. The monoisotopic (exact) mass is 486 g/mol. The van der Waals surface area contributed by atoms with Crippen molar-refractivity contribution >= 4 is 44.8 Å². The van der Waals surface area contributed by atoms with E-state index in [1.807, 2.05) is 55.5 Å². The van der Waals surface area contributed by atoms with E-state index < -0.39 is 5.97 Å². The van der Waals surface area contributed by atoms with Gasteiger partial charge in [0.15, 0.2) is 0 Å². The number of halogens is 1. The third-order valence-corrected chi connectivity index (χ3v) is 5.33. The normalized spacial score (nSPS) is 10.9. The highest BCUT2D eigenvalue weighted by atomic mass is 79.9. The van der Waals surface area contributed by atoms with Gasteiger partial charge in [0.1, 0.15) is 5.75 Å². The number of rotatable bonds is 5. The van der Waals surface area contributed by atoms with E-state index >= 15 is 0 Å². The van der Waals surface area contributed by atoms with Crippen LogP contribution in [0.2, 0.25) is 0 Å².